The van der Waals surface area contributed by atoms with Gasteiger partial charge in [-0.05, 0) is 36.8 Å². The maximum absolute atomic E-state index is 11.6. The highest BCUT2D eigenvalue weighted by molar-refractivity contribution is 6.30. The molecule has 17 heavy (non-hydrogen) atoms. The van der Waals surface area contributed by atoms with Crippen LogP contribution in [0.5, 0.6) is 0 Å². The Kier molecular flexibility index (Phi) is 2.94. The van der Waals surface area contributed by atoms with Gasteiger partial charge in [0.2, 0.25) is 0 Å². The summed E-state index contributed by atoms with van der Waals surface area (Å²) >= 11 is 5.81. The lowest BCUT2D eigenvalue weighted by Gasteiger charge is -2.27. The predicted octanol–water partition coefficient (Wildman–Crippen LogP) is 2.99. The van der Waals surface area contributed by atoms with Crippen molar-refractivity contribution in [1.29, 1.82) is 0 Å². The molecule has 0 amide bonds. The van der Waals surface area contributed by atoms with E-state index in [4.69, 9.17) is 11.6 Å². The molecule has 0 aliphatic carbocycles. The van der Waals surface area contributed by atoms with E-state index in [0.29, 0.717) is 10.6 Å². The van der Waals surface area contributed by atoms with Gasteiger partial charge in [-0.25, -0.2) is 4.79 Å². The number of carboxylic acids is 1. The topological polar surface area (TPSA) is 42.2 Å². The number of hydrogen-bond donors (Lipinski definition) is 1. The summed E-state index contributed by atoms with van der Waals surface area (Å²) in [6.45, 7) is 1.67. The molecule has 88 valence electrons. The Morgan fingerprint density at radius 2 is 1.76 bits per heavy atom. The largest absolute Gasteiger partial charge is 0.479 e. The second-order valence-corrected chi connectivity index (χ2v) is 4.41. The van der Waals surface area contributed by atoms with Crippen LogP contribution >= 0.6 is 11.6 Å². The summed E-state index contributed by atoms with van der Waals surface area (Å²) in [5.74, 6) is -0.906. The van der Waals surface area contributed by atoms with Crippen molar-refractivity contribution in [2.75, 3.05) is 0 Å². The molecule has 0 spiro atoms. The number of benzene rings is 1. The maximum atomic E-state index is 11.6. The molecule has 2 rings (SSSR count). The first-order valence-corrected chi connectivity index (χ1v) is 5.56. The van der Waals surface area contributed by atoms with Crippen LogP contribution in [0, 0.1) is 0 Å². The lowest BCUT2D eigenvalue weighted by atomic mass is 9.92. The van der Waals surface area contributed by atoms with Crippen LogP contribution in [0.4, 0.5) is 0 Å². The van der Waals surface area contributed by atoms with Gasteiger partial charge in [-0.2, -0.15) is 0 Å². The first-order chi connectivity index (χ1) is 8.05. The van der Waals surface area contributed by atoms with Gasteiger partial charge in [0, 0.05) is 17.4 Å². The molecule has 0 bridgehead atoms. The van der Waals surface area contributed by atoms with Crippen molar-refractivity contribution in [2.45, 2.75) is 12.5 Å². The van der Waals surface area contributed by atoms with Crippen LogP contribution in [0.15, 0.2) is 48.8 Å². The number of halogens is 1. The number of carboxylic acid groups (broad SMARTS) is 1. The third-order valence-corrected chi connectivity index (χ3v) is 3.20. The minimum Gasteiger partial charge on any atom is -0.479 e. The maximum Gasteiger partial charge on any atom is 0.334 e. The molecule has 1 aromatic carbocycles. The Balaban J connectivity index is 2.56. The fourth-order valence-electron chi connectivity index (χ4n) is 1.79. The quantitative estimate of drug-likeness (QED) is 0.909. The standard InChI is InChI=1S/C13H12ClNO2/c1-13(12(16)17,15-8-2-3-9-15)10-4-6-11(14)7-5-10/h2-9H,1H3,(H,16,17). The van der Waals surface area contributed by atoms with Crippen molar-refractivity contribution in [3.8, 4) is 0 Å². The van der Waals surface area contributed by atoms with Gasteiger partial charge in [0.05, 0.1) is 0 Å². The summed E-state index contributed by atoms with van der Waals surface area (Å²) < 4.78 is 1.67. The summed E-state index contributed by atoms with van der Waals surface area (Å²) in [5, 5.41) is 10.1. The van der Waals surface area contributed by atoms with Crippen molar-refractivity contribution in [3.05, 3.63) is 59.4 Å². The summed E-state index contributed by atoms with van der Waals surface area (Å²) in [4.78, 5) is 11.6. The Labute approximate surface area is 104 Å². The highest BCUT2D eigenvalue weighted by Crippen LogP contribution is 2.27. The zero-order valence-electron chi connectivity index (χ0n) is 9.30. The summed E-state index contributed by atoms with van der Waals surface area (Å²) in [6.07, 6.45) is 3.48. The average Bonchev–Trinajstić information content (AvgIpc) is 2.82. The Hall–Kier alpha value is -1.74. The monoisotopic (exact) mass is 249 g/mol. The molecular weight excluding hydrogens is 238 g/mol. The van der Waals surface area contributed by atoms with E-state index in [1.165, 1.54) is 0 Å². The first kappa shape index (κ1) is 11.7. The smallest absolute Gasteiger partial charge is 0.334 e. The van der Waals surface area contributed by atoms with Crippen LogP contribution in [-0.4, -0.2) is 15.6 Å². The number of hydrogen-bond acceptors (Lipinski definition) is 1. The Bertz CT molecular complexity index is 519. The molecule has 0 radical (unpaired) electrons. The van der Waals surface area contributed by atoms with Gasteiger partial charge in [-0.3, -0.25) is 0 Å². The fourth-order valence-corrected chi connectivity index (χ4v) is 1.92. The van der Waals surface area contributed by atoms with E-state index in [-0.39, 0.29) is 0 Å². The van der Waals surface area contributed by atoms with Gasteiger partial charge in [0.15, 0.2) is 5.54 Å². The molecule has 0 fully saturated rings. The molecule has 0 saturated carbocycles. The van der Waals surface area contributed by atoms with Gasteiger partial charge in [-0.15, -0.1) is 0 Å². The zero-order chi connectivity index (χ0) is 12.5. The minimum atomic E-state index is -1.12. The van der Waals surface area contributed by atoms with Gasteiger partial charge in [0.1, 0.15) is 0 Å². The molecule has 1 aromatic heterocycles. The van der Waals surface area contributed by atoms with Gasteiger partial charge in [-0.1, -0.05) is 23.7 Å². The van der Waals surface area contributed by atoms with Crippen molar-refractivity contribution in [1.82, 2.24) is 4.57 Å². The third-order valence-electron chi connectivity index (χ3n) is 2.94. The fraction of sp³-hybridized carbons (Fsp3) is 0.154. The van der Waals surface area contributed by atoms with Crippen LogP contribution in [0.3, 0.4) is 0 Å². The lowest BCUT2D eigenvalue weighted by Crippen LogP contribution is -2.39. The van der Waals surface area contributed by atoms with Crippen LogP contribution in [0.25, 0.3) is 0 Å². The van der Waals surface area contributed by atoms with Gasteiger partial charge in [0.25, 0.3) is 0 Å². The average molecular weight is 250 g/mol. The molecule has 1 unspecified atom stereocenters. The van der Waals surface area contributed by atoms with E-state index >= 15 is 0 Å². The van der Waals surface area contributed by atoms with E-state index in [9.17, 15) is 9.90 Å². The minimum absolute atomic E-state index is 0.592. The summed E-state index contributed by atoms with van der Waals surface area (Å²) in [6, 6.07) is 10.5. The number of aromatic nitrogens is 1. The first-order valence-electron chi connectivity index (χ1n) is 5.18. The van der Waals surface area contributed by atoms with Crippen LogP contribution in [-0.2, 0) is 10.3 Å². The highest BCUT2D eigenvalue weighted by atomic mass is 35.5. The molecule has 0 aliphatic rings. The summed E-state index contributed by atoms with van der Waals surface area (Å²) in [5.41, 5.74) is -0.431. The van der Waals surface area contributed by atoms with Gasteiger partial charge < -0.3 is 9.67 Å². The highest BCUT2D eigenvalue weighted by Gasteiger charge is 2.36. The SMILES string of the molecule is CC(C(=O)O)(c1ccc(Cl)cc1)n1cccc1. The molecule has 0 aliphatic heterocycles. The van der Waals surface area contributed by atoms with Crippen molar-refractivity contribution in [3.63, 3.8) is 0 Å². The second kappa shape index (κ2) is 4.26. The lowest BCUT2D eigenvalue weighted by molar-refractivity contribution is -0.144. The Morgan fingerprint density at radius 3 is 2.24 bits per heavy atom. The molecule has 1 atom stereocenters. The molecule has 3 nitrogen and oxygen atoms in total. The third kappa shape index (κ3) is 1.94. The van der Waals surface area contributed by atoms with Crippen LogP contribution in [0.1, 0.15) is 12.5 Å². The number of aliphatic carboxylic acids is 1. The van der Waals surface area contributed by atoms with Crippen molar-refractivity contribution >= 4 is 17.6 Å². The molecule has 1 N–H and O–H groups in total. The Morgan fingerprint density at radius 1 is 1.24 bits per heavy atom. The van der Waals surface area contributed by atoms with Crippen molar-refractivity contribution in [2.24, 2.45) is 0 Å². The normalized spacial score (nSPS) is 14.2. The number of nitrogens with zero attached hydrogens (tertiary/aromatic N) is 1. The molecule has 4 heteroatoms. The van der Waals surface area contributed by atoms with Gasteiger partial charge >= 0.3 is 5.97 Å². The van der Waals surface area contributed by atoms with Crippen molar-refractivity contribution < 1.29 is 9.90 Å². The van der Waals surface area contributed by atoms with E-state index in [2.05, 4.69) is 0 Å². The van der Waals surface area contributed by atoms with Crippen LogP contribution in [0.2, 0.25) is 5.02 Å². The molecular formula is C13H12ClNO2. The predicted molar refractivity (Wildman–Crippen MR) is 66.3 cm³/mol. The van der Waals surface area contributed by atoms with E-state index in [0.717, 1.165) is 0 Å². The molecule has 0 saturated heterocycles. The summed E-state index contributed by atoms with van der Waals surface area (Å²) in [7, 11) is 0. The van der Waals surface area contributed by atoms with E-state index in [1.807, 2.05) is 0 Å². The number of rotatable bonds is 3. The number of carbonyl (C=O) groups is 1. The zero-order valence-corrected chi connectivity index (χ0v) is 10.1. The second-order valence-electron chi connectivity index (χ2n) is 3.97. The molecule has 2 aromatic rings. The molecule has 1 heterocycles. The van der Waals surface area contributed by atoms with Crippen LogP contribution < -0.4 is 0 Å². The van der Waals surface area contributed by atoms with E-state index < -0.39 is 11.5 Å². The van der Waals surface area contributed by atoms with E-state index in [1.54, 1.807) is 60.3 Å².